The number of halogens is 1. The van der Waals surface area contributed by atoms with Crippen LogP contribution in [0.4, 0.5) is 14.9 Å². The van der Waals surface area contributed by atoms with Crippen LogP contribution in [-0.4, -0.2) is 71.9 Å². The Morgan fingerprint density at radius 2 is 1.76 bits per heavy atom. The zero-order valence-electron chi connectivity index (χ0n) is 29.5. The van der Waals surface area contributed by atoms with E-state index in [4.69, 9.17) is 13.3 Å². The number of alkyl carbamates (subject to hydrolysis) is 1. The summed E-state index contributed by atoms with van der Waals surface area (Å²) in [6, 6.07) is 8.80. The van der Waals surface area contributed by atoms with Crippen LogP contribution in [0.15, 0.2) is 45.7 Å². The number of hydrogen-bond acceptors (Lipinski definition) is 10. The fourth-order valence-corrected chi connectivity index (χ4v) is 7.14. The SMILES string of the molecule is CC(C)(C)OC(=O)N[C@H]1CS(=O)(=O)c2cc(F)c(-c3nnc(C(C)(C)COS(C)(C)C(C)(C)C)o3)cc2N(Cc2ccc(C#N)cc2)C1=O.[HH]. The number of amides is 2. The fourth-order valence-electron chi connectivity index (χ4n) is 4.58. The van der Waals surface area contributed by atoms with Crippen LogP contribution in [0, 0.1) is 17.1 Å². The highest BCUT2D eigenvalue weighted by Gasteiger charge is 2.41. The number of carbonyl (C=O) groups is 2. The predicted octanol–water partition coefficient (Wildman–Crippen LogP) is 6.28. The smallest absolute Gasteiger partial charge is 0.408 e. The summed E-state index contributed by atoms with van der Waals surface area (Å²) in [4.78, 5) is 27.5. The largest absolute Gasteiger partial charge is 0.444 e. The molecule has 4 rings (SSSR count). The Labute approximate surface area is 290 Å². The van der Waals surface area contributed by atoms with E-state index in [0.29, 0.717) is 11.1 Å². The molecule has 49 heavy (non-hydrogen) atoms. The van der Waals surface area contributed by atoms with E-state index in [0.717, 1.165) is 11.0 Å². The van der Waals surface area contributed by atoms with Crippen molar-refractivity contribution in [3.8, 4) is 17.5 Å². The van der Waals surface area contributed by atoms with Crippen molar-refractivity contribution in [2.24, 2.45) is 0 Å². The first-order chi connectivity index (χ1) is 22.4. The van der Waals surface area contributed by atoms with E-state index in [-0.39, 0.29) is 42.4 Å². The molecule has 1 aromatic heterocycles. The van der Waals surface area contributed by atoms with E-state index in [1.165, 1.54) is 6.07 Å². The van der Waals surface area contributed by atoms with Gasteiger partial charge in [-0.1, -0.05) is 32.9 Å². The molecule has 0 saturated carbocycles. The van der Waals surface area contributed by atoms with Gasteiger partial charge in [0.15, 0.2) is 9.84 Å². The van der Waals surface area contributed by atoms with Crippen molar-refractivity contribution in [2.75, 3.05) is 29.8 Å². The van der Waals surface area contributed by atoms with Crippen molar-refractivity contribution in [2.45, 2.75) is 88.6 Å². The maximum absolute atomic E-state index is 15.9. The molecule has 0 spiro atoms. The van der Waals surface area contributed by atoms with Crippen molar-refractivity contribution >= 4 is 37.8 Å². The average molecular weight is 720 g/mol. The van der Waals surface area contributed by atoms with Crippen LogP contribution in [0.2, 0.25) is 0 Å². The van der Waals surface area contributed by atoms with Crippen molar-refractivity contribution < 1.29 is 37.2 Å². The number of nitrogens with one attached hydrogen (secondary N) is 1. The molecule has 1 aliphatic heterocycles. The number of nitriles is 1. The van der Waals surface area contributed by atoms with Gasteiger partial charge in [0.25, 0.3) is 11.8 Å². The third-order valence-electron chi connectivity index (χ3n) is 8.16. The Kier molecular flexibility index (Phi) is 10.3. The topological polar surface area (TPSA) is 165 Å². The van der Waals surface area contributed by atoms with Crippen molar-refractivity contribution in [1.82, 2.24) is 15.5 Å². The zero-order valence-corrected chi connectivity index (χ0v) is 31.1. The van der Waals surface area contributed by atoms with Crippen LogP contribution >= 0.6 is 10.3 Å². The number of anilines is 1. The molecule has 2 amide bonds. The summed E-state index contributed by atoms with van der Waals surface area (Å²) in [5.41, 5.74) is -1.12. The van der Waals surface area contributed by atoms with E-state index < -0.39 is 65.7 Å². The molecule has 0 aliphatic carbocycles. The lowest BCUT2D eigenvalue weighted by molar-refractivity contribution is -0.120. The molecule has 0 radical (unpaired) electrons. The first kappa shape index (κ1) is 37.8. The lowest BCUT2D eigenvalue weighted by Crippen LogP contribution is -2.51. The minimum atomic E-state index is -4.36. The summed E-state index contributed by atoms with van der Waals surface area (Å²) in [5.74, 6) is -2.62. The minimum Gasteiger partial charge on any atom is -0.444 e. The monoisotopic (exact) mass is 719 g/mol. The molecular weight excluding hydrogens is 674 g/mol. The number of benzene rings is 2. The molecule has 0 saturated heterocycles. The third kappa shape index (κ3) is 8.60. The maximum Gasteiger partial charge on any atom is 0.408 e. The van der Waals surface area contributed by atoms with E-state index in [1.807, 2.05) is 19.9 Å². The molecule has 1 aliphatic rings. The van der Waals surface area contributed by atoms with Crippen LogP contribution in [0.1, 0.15) is 73.8 Å². The third-order valence-corrected chi connectivity index (χ3v) is 13.6. The molecule has 268 valence electrons. The van der Waals surface area contributed by atoms with Gasteiger partial charge in [0, 0.05) is 6.17 Å². The molecule has 0 unspecified atom stereocenters. The number of sulfone groups is 1. The highest BCUT2D eigenvalue weighted by molar-refractivity contribution is 8.29. The van der Waals surface area contributed by atoms with E-state index in [2.05, 4.69) is 48.8 Å². The van der Waals surface area contributed by atoms with Crippen LogP contribution in [-0.2, 0) is 35.5 Å². The molecule has 0 fully saturated rings. The standard InChI is InChI=1S/C34H44FN5O7S2.H2/c1-32(2,3)47-31(42)37-25-19-49(43,44)27-16-24(35)23(15-26(27)40(29(25)41)18-22-13-11-21(17-36)12-14-22)28-38-39-30(46-28)34(7,8)20-45-48(9,10)33(4,5)6;/h11-16,25H,18-20H2,1-10H3,(H,37,42);1H/t25-;/m0./s1. The molecule has 3 aromatic rings. The molecule has 12 nitrogen and oxygen atoms in total. The van der Waals surface area contributed by atoms with Gasteiger partial charge < -0.3 is 23.6 Å². The normalized spacial score (nSPS) is 17.1. The number of fused-ring (bicyclic) bond motifs is 1. The lowest BCUT2D eigenvalue weighted by atomic mass is 9.95. The maximum atomic E-state index is 15.9. The fraction of sp³-hybridized carbons (Fsp3) is 0.500. The first-order valence-electron chi connectivity index (χ1n) is 15.5. The summed E-state index contributed by atoms with van der Waals surface area (Å²) >= 11 is 0. The lowest BCUT2D eigenvalue weighted by Gasteiger charge is -2.45. The Balaban J connectivity index is 0.00000676. The minimum absolute atomic E-state index is 0. The summed E-state index contributed by atoms with van der Waals surface area (Å²) in [6.45, 7) is 15.0. The molecule has 2 heterocycles. The second kappa shape index (κ2) is 13.4. The van der Waals surface area contributed by atoms with Crippen molar-refractivity contribution in [1.29, 1.82) is 5.26 Å². The number of nitrogens with zero attached hydrogens (tertiary/aromatic N) is 4. The van der Waals surface area contributed by atoms with Gasteiger partial charge in [-0.2, -0.15) is 5.26 Å². The Hall–Kier alpha value is -4.00. The summed E-state index contributed by atoms with van der Waals surface area (Å²) in [6.07, 6.45) is 3.15. The number of carbonyl (C=O) groups excluding carboxylic acids is 2. The van der Waals surface area contributed by atoms with Crippen LogP contribution in [0.3, 0.4) is 0 Å². The van der Waals surface area contributed by atoms with Gasteiger partial charge >= 0.3 is 6.09 Å². The highest BCUT2D eigenvalue weighted by atomic mass is 32.3. The Morgan fingerprint density at radius 1 is 1.12 bits per heavy atom. The molecule has 1 atom stereocenters. The quantitative estimate of drug-likeness (QED) is 0.280. The number of ether oxygens (including phenoxy) is 1. The predicted molar refractivity (Wildman–Crippen MR) is 188 cm³/mol. The summed E-state index contributed by atoms with van der Waals surface area (Å²) < 4.78 is 60.8. The summed E-state index contributed by atoms with van der Waals surface area (Å²) in [5, 5.41) is 19.9. The first-order valence-corrected chi connectivity index (χ1v) is 19.5. The molecular formula is C34H46FN5O7S2. The van der Waals surface area contributed by atoms with Gasteiger partial charge in [-0.15, -0.1) is 20.5 Å². The zero-order chi connectivity index (χ0) is 36.7. The second-order valence-electron chi connectivity index (χ2n) is 14.9. The number of aromatic nitrogens is 2. The number of rotatable bonds is 8. The average Bonchev–Trinajstić information content (AvgIpc) is 3.46. The van der Waals surface area contributed by atoms with Crippen LogP contribution in [0.5, 0.6) is 0 Å². The Morgan fingerprint density at radius 3 is 2.33 bits per heavy atom. The van der Waals surface area contributed by atoms with Crippen molar-refractivity contribution in [3.63, 3.8) is 0 Å². The molecule has 15 heteroatoms. The van der Waals surface area contributed by atoms with Gasteiger partial charge in [-0.3, -0.25) is 4.79 Å². The van der Waals surface area contributed by atoms with E-state index >= 15 is 4.39 Å². The Bertz CT molecular complexity index is 1890. The van der Waals surface area contributed by atoms with Crippen LogP contribution in [0.25, 0.3) is 11.5 Å². The van der Waals surface area contributed by atoms with Gasteiger partial charge in [0.2, 0.25) is 5.89 Å². The van der Waals surface area contributed by atoms with Gasteiger partial charge in [-0.05, 0) is 77.0 Å². The molecule has 0 bridgehead atoms. The molecule has 2 aromatic carbocycles. The highest BCUT2D eigenvalue weighted by Crippen LogP contribution is 2.54. The van der Waals surface area contributed by atoms with Gasteiger partial charge in [0.05, 0.1) is 52.1 Å². The van der Waals surface area contributed by atoms with Gasteiger partial charge in [-0.25, -0.2) is 17.6 Å². The van der Waals surface area contributed by atoms with Crippen molar-refractivity contribution in [3.05, 3.63) is 59.2 Å². The second-order valence-corrected chi connectivity index (χ2v) is 20.8. The summed E-state index contributed by atoms with van der Waals surface area (Å²) in [7, 11) is -5.83. The number of hydrogen-bond donors (Lipinski definition) is 1. The van der Waals surface area contributed by atoms with Gasteiger partial charge in [0.1, 0.15) is 17.5 Å². The van der Waals surface area contributed by atoms with E-state index in [1.54, 1.807) is 45.0 Å². The molecule has 1 N–H and O–H groups in total. The van der Waals surface area contributed by atoms with Crippen LogP contribution < -0.4 is 10.2 Å². The van der Waals surface area contributed by atoms with E-state index in [9.17, 15) is 23.3 Å².